The first-order chi connectivity index (χ1) is 7.54. The first kappa shape index (κ1) is 11.5. The van der Waals surface area contributed by atoms with E-state index >= 15 is 0 Å². The Morgan fingerprint density at radius 1 is 1.31 bits per heavy atom. The lowest BCUT2D eigenvalue weighted by molar-refractivity contribution is 0.200. The summed E-state index contributed by atoms with van der Waals surface area (Å²) in [6.45, 7) is 2.02. The summed E-state index contributed by atoms with van der Waals surface area (Å²) in [5.74, 6) is -0.616. The lowest BCUT2D eigenvalue weighted by Crippen LogP contribution is -2.45. The van der Waals surface area contributed by atoms with Crippen molar-refractivity contribution in [2.24, 2.45) is 11.7 Å². The van der Waals surface area contributed by atoms with Gasteiger partial charge in [-0.05, 0) is 37.0 Å². The molecule has 0 aliphatic heterocycles. The summed E-state index contributed by atoms with van der Waals surface area (Å²) < 4.78 is 26.9. The molecular formula is C13H17F2N. The van der Waals surface area contributed by atoms with E-state index in [9.17, 15) is 8.78 Å². The van der Waals surface area contributed by atoms with E-state index in [2.05, 4.69) is 0 Å². The second-order valence-corrected chi connectivity index (χ2v) is 4.81. The van der Waals surface area contributed by atoms with Gasteiger partial charge in [-0.25, -0.2) is 8.78 Å². The molecule has 1 aromatic carbocycles. The summed E-state index contributed by atoms with van der Waals surface area (Å²) in [6.07, 6.45) is 3.81. The molecular weight excluding hydrogens is 208 g/mol. The van der Waals surface area contributed by atoms with Crippen molar-refractivity contribution in [1.82, 2.24) is 0 Å². The Bertz CT molecular complexity index is 392. The summed E-state index contributed by atoms with van der Waals surface area (Å²) in [5, 5.41) is 0. The van der Waals surface area contributed by atoms with Crippen LogP contribution in [0.1, 0.15) is 38.2 Å². The van der Waals surface area contributed by atoms with E-state index in [1.807, 2.05) is 6.92 Å². The van der Waals surface area contributed by atoms with Crippen molar-refractivity contribution in [3.05, 3.63) is 35.4 Å². The van der Waals surface area contributed by atoms with Crippen molar-refractivity contribution >= 4 is 0 Å². The molecule has 1 saturated carbocycles. The second-order valence-electron chi connectivity index (χ2n) is 4.81. The highest BCUT2D eigenvalue weighted by molar-refractivity contribution is 5.28. The third-order valence-electron chi connectivity index (χ3n) is 3.79. The van der Waals surface area contributed by atoms with E-state index in [-0.39, 0.29) is 5.92 Å². The highest BCUT2D eigenvalue weighted by Crippen LogP contribution is 2.40. The minimum atomic E-state index is -0.704. The molecule has 0 amide bonds. The van der Waals surface area contributed by atoms with Crippen LogP contribution in [0.15, 0.2) is 18.2 Å². The molecule has 1 aliphatic rings. The number of hydrogen-bond donors (Lipinski definition) is 1. The van der Waals surface area contributed by atoms with Crippen LogP contribution in [0.2, 0.25) is 0 Å². The standard InChI is InChI=1S/C13H17F2N/c1-9-4-2-3-7-13(9,16)11-8-10(14)5-6-12(11)15/h5-6,8-9H,2-4,7,16H2,1H3. The number of hydrogen-bond acceptors (Lipinski definition) is 1. The molecule has 1 nitrogen and oxygen atoms in total. The number of benzene rings is 1. The van der Waals surface area contributed by atoms with Gasteiger partial charge < -0.3 is 5.73 Å². The molecule has 1 aromatic rings. The number of rotatable bonds is 1. The van der Waals surface area contributed by atoms with Crippen molar-refractivity contribution in [3.63, 3.8) is 0 Å². The van der Waals surface area contributed by atoms with E-state index in [1.54, 1.807) is 0 Å². The van der Waals surface area contributed by atoms with Crippen LogP contribution in [0.25, 0.3) is 0 Å². The normalized spacial score (nSPS) is 30.4. The summed E-state index contributed by atoms with van der Waals surface area (Å²) in [6, 6.07) is 3.55. The summed E-state index contributed by atoms with van der Waals surface area (Å²) in [7, 11) is 0. The zero-order chi connectivity index (χ0) is 11.8. The lowest BCUT2D eigenvalue weighted by Gasteiger charge is -2.40. The molecule has 0 aromatic heterocycles. The Balaban J connectivity index is 2.44. The highest BCUT2D eigenvalue weighted by atomic mass is 19.1. The van der Waals surface area contributed by atoms with Gasteiger partial charge in [0.15, 0.2) is 0 Å². The molecule has 0 radical (unpaired) electrons. The fourth-order valence-corrected chi connectivity index (χ4v) is 2.63. The van der Waals surface area contributed by atoms with Gasteiger partial charge in [0.05, 0.1) is 0 Å². The zero-order valence-electron chi connectivity index (χ0n) is 9.47. The van der Waals surface area contributed by atoms with E-state index in [0.717, 1.165) is 31.7 Å². The zero-order valence-corrected chi connectivity index (χ0v) is 9.47. The van der Waals surface area contributed by atoms with Crippen LogP contribution in [0.4, 0.5) is 8.78 Å². The van der Waals surface area contributed by atoms with Gasteiger partial charge in [0, 0.05) is 11.1 Å². The molecule has 2 unspecified atom stereocenters. The predicted molar refractivity (Wildman–Crippen MR) is 59.9 cm³/mol. The third-order valence-corrected chi connectivity index (χ3v) is 3.79. The first-order valence-electron chi connectivity index (χ1n) is 5.78. The van der Waals surface area contributed by atoms with Crippen LogP contribution >= 0.6 is 0 Å². The average Bonchev–Trinajstić information content (AvgIpc) is 2.26. The maximum Gasteiger partial charge on any atom is 0.128 e. The van der Waals surface area contributed by atoms with Crippen molar-refractivity contribution in [1.29, 1.82) is 0 Å². The van der Waals surface area contributed by atoms with Crippen molar-refractivity contribution in [2.45, 2.75) is 38.1 Å². The molecule has 2 atom stereocenters. The maximum absolute atomic E-state index is 13.7. The number of nitrogens with two attached hydrogens (primary N) is 1. The quantitative estimate of drug-likeness (QED) is 0.779. The monoisotopic (exact) mass is 225 g/mol. The Morgan fingerprint density at radius 2 is 2.06 bits per heavy atom. The molecule has 16 heavy (non-hydrogen) atoms. The molecule has 88 valence electrons. The van der Waals surface area contributed by atoms with Crippen LogP contribution in [0, 0.1) is 17.6 Å². The smallest absolute Gasteiger partial charge is 0.128 e. The van der Waals surface area contributed by atoms with Crippen molar-refractivity contribution in [2.75, 3.05) is 0 Å². The molecule has 0 spiro atoms. The van der Waals surface area contributed by atoms with Crippen LogP contribution in [-0.4, -0.2) is 0 Å². The molecule has 2 rings (SSSR count). The van der Waals surface area contributed by atoms with Gasteiger partial charge in [0.2, 0.25) is 0 Å². The lowest BCUT2D eigenvalue weighted by atomic mass is 9.70. The van der Waals surface area contributed by atoms with Crippen LogP contribution in [-0.2, 0) is 5.54 Å². The largest absolute Gasteiger partial charge is 0.321 e. The van der Waals surface area contributed by atoms with Gasteiger partial charge in [0.25, 0.3) is 0 Å². The average molecular weight is 225 g/mol. The second kappa shape index (κ2) is 4.13. The SMILES string of the molecule is CC1CCCCC1(N)c1cc(F)ccc1F. The van der Waals surface area contributed by atoms with E-state index in [0.29, 0.717) is 5.56 Å². The van der Waals surface area contributed by atoms with Gasteiger partial charge >= 0.3 is 0 Å². The fraction of sp³-hybridized carbons (Fsp3) is 0.538. The fourth-order valence-electron chi connectivity index (χ4n) is 2.63. The summed E-state index contributed by atoms with van der Waals surface area (Å²) >= 11 is 0. The molecule has 0 heterocycles. The first-order valence-corrected chi connectivity index (χ1v) is 5.78. The van der Waals surface area contributed by atoms with Gasteiger partial charge in [0.1, 0.15) is 11.6 Å². The molecule has 0 bridgehead atoms. The third kappa shape index (κ3) is 1.84. The van der Waals surface area contributed by atoms with Gasteiger partial charge in [-0.15, -0.1) is 0 Å². The Hall–Kier alpha value is -0.960. The van der Waals surface area contributed by atoms with E-state index in [4.69, 9.17) is 5.73 Å². The van der Waals surface area contributed by atoms with E-state index in [1.165, 1.54) is 12.1 Å². The van der Waals surface area contributed by atoms with Crippen LogP contribution in [0.3, 0.4) is 0 Å². The highest BCUT2D eigenvalue weighted by Gasteiger charge is 2.38. The minimum Gasteiger partial charge on any atom is -0.321 e. The van der Waals surface area contributed by atoms with Crippen molar-refractivity contribution in [3.8, 4) is 0 Å². The Kier molecular flexibility index (Phi) is 2.98. The van der Waals surface area contributed by atoms with Crippen LogP contribution in [0.5, 0.6) is 0 Å². The molecule has 3 heteroatoms. The Labute approximate surface area is 94.7 Å². The molecule has 1 fully saturated rings. The predicted octanol–water partition coefficient (Wildman–Crippen LogP) is 3.33. The summed E-state index contributed by atoms with van der Waals surface area (Å²) in [5.41, 5.74) is 5.92. The summed E-state index contributed by atoms with van der Waals surface area (Å²) in [4.78, 5) is 0. The molecule has 1 aliphatic carbocycles. The Morgan fingerprint density at radius 3 is 2.75 bits per heavy atom. The molecule has 0 saturated heterocycles. The minimum absolute atomic E-state index is 0.192. The van der Waals surface area contributed by atoms with E-state index < -0.39 is 17.2 Å². The number of halogens is 2. The molecule has 2 N–H and O–H groups in total. The van der Waals surface area contributed by atoms with Crippen LogP contribution < -0.4 is 5.73 Å². The van der Waals surface area contributed by atoms with Gasteiger partial charge in [-0.2, -0.15) is 0 Å². The van der Waals surface area contributed by atoms with Crippen molar-refractivity contribution < 1.29 is 8.78 Å². The van der Waals surface area contributed by atoms with Gasteiger partial charge in [-0.1, -0.05) is 19.8 Å². The topological polar surface area (TPSA) is 26.0 Å². The van der Waals surface area contributed by atoms with Gasteiger partial charge in [-0.3, -0.25) is 0 Å². The maximum atomic E-state index is 13.7.